The van der Waals surface area contributed by atoms with Crippen LogP contribution in [0.25, 0.3) is 16.6 Å². The number of hydrazone groups is 1. The molecule has 0 bridgehead atoms. The van der Waals surface area contributed by atoms with Gasteiger partial charge in [-0.3, -0.25) is 14.2 Å². The molecule has 4 rings (SSSR count). The van der Waals surface area contributed by atoms with Gasteiger partial charge in [-0.2, -0.15) is 5.10 Å². The van der Waals surface area contributed by atoms with E-state index in [4.69, 9.17) is 9.47 Å². The van der Waals surface area contributed by atoms with Gasteiger partial charge in [-0.1, -0.05) is 36.0 Å². The summed E-state index contributed by atoms with van der Waals surface area (Å²) < 4.78 is 12.3. The van der Waals surface area contributed by atoms with Crippen LogP contribution < -0.4 is 20.5 Å². The minimum atomic E-state index is -0.330. The van der Waals surface area contributed by atoms with E-state index >= 15 is 0 Å². The minimum Gasteiger partial charge on any atom is -0.497 e. The number of aromatic nitrogens is 2. The summed E-state index contributed by atoms with van der Waals surface area (Å²) in [5.74, 6) is 1.05. The van der Waals surface area contributed by atoms with Gasteiger partial charge in [-0.25, -0.2) is 10.4 Å². The quantitative estimate of drug-likeness (QED) is 0.165. The maximum atomic E-state index is 13.3. The highest BCUT2D eigenvalue weighted by atomic mass is 32.2. The van der Waals surface area contributed by atoms with Crippen molar-refractivity contribution in [1.82, 2.24) is 15.0 Å². The van der Waals surface area contributed by atoms with Crippen LogP contribution in [-0.2, 0) is 4.79 Å². The molecule has 35 heavy (non-hydrogen) atoms. The number of ether oxygens (including phenoxy) is 2. The predicted octanol–water partition coefficient (Wildman–Crippen LogP) is 4.04. The second kappa shape index (κ2) is 11.3. The molecule has 0 aliphatic rings. The molecule has 0 radical (unpaired) electrons. The second-order valence-corrected chi connectivity index (χ2v) is 8.25. The number of carbonyl (C=O) groups is 1. The molecular formula is C26H24N4O4S. The van der Waals surface area contributed by atoms with Crippen molar-refractivity contribution < 1.29 is 14.3 Å². The fourth-order valence-corrected chi connectivity index (χ4v) is 4.18. The van der Waals surface area contributed by atoms with Crippen LogP contribution in [0, 0.1) is 0 Å². The van der Waals surface area contributed by atoms with E-state index in [1.54, 1.807) is 49.6 Å². The molecule has 8 nitrogen and oxygen atoms in total. The summed E-state index contributed by atoms with van der Waals surface area (Å²) in [6.07, 6.45) is 1.54. The standard InChI is InChI=1S/C26H24N4O4S/c1-3-34-23-11-7-4-8-18(23)16-27-29-24(31)17-35-26-28-22-10-6-5-9-21(22)25(32)30(26)19-12-14-20(33-2)15-13-19/h4-16H,3,17H2,1-2H3,(H,29,31)/b27-16+. The third-order valence-corrected chi connectivity index (χ3v) is 5.96. The first-order chi connectivity index (χ1) is 17.1. The number of fused-ring (bicyclic) bond motifs is 1. The fourth-order valence-electron chi connectivity index (χ4n) is 3.38. The second-order valence-electron chi connectivity index (χ2n) is 7.30. The highest BCUT2D eigenvalue weighted by Crippen LogP contribution is 2.23. The van der Waals surface area contributed by atoms with Crippen molar-refractivity contribution >= 4 is 34.8 Å². The first-order valence-electron chi connectivity index (χ1n) is 10.9. The number of nitrogens with one attached hydrogen (secondary N) is 1. The fraction of sp³-hybridized carbons (Fsp3) is 0.154. The Morgan fingerprint density at radius 2 is 1.83 bits per heavy atom. The molecule has 0 fully saturated rings. The maximum absolute atomic E-state index is 13.3. The SMILES string of the molecule is CCOc1ccccc1/C=N/NC(=O)CSc1nc2ccccc2c(=O)n1-c1ccc(OC)cc1. The van der Waals surface area contributed by atoms with Crippen LogP contribution in [0.4, 0.5) is 0 Å². The Morgan fingerprint density at radius 3 is 2.60 bits per heavy atom. The van der Waals surface area contributed by atoms with Crippen molar-refractivity contribution in [2.45, 2.75) is 12.1 Å². The van der Waals surface area contributed by atoms with E-state index in [0.29, 0.717) is 39.9 Å². The molecule has 9 heteroatoms. The Balaban J connectivity index is 1.54. The van der Waals surface area contributed by atoms with Crippen molar-refractivity contribution in [3.8, 4) is 17.2 Å². The van der Waals surface area contributed by atoms with Gasteiger partial charge in [0.15, 0.2) is 5.16 Å². The molecule has 1 heterocycles. The van der Waals surface area contributed by atoms with Crippen molar-refractivity contribution in [1.29, 1.82) is 0 Å². The van der Waals surface area contributed by atoms with Crippen LogP contribution in [0.1, 0.15) is 12.5 Å². The summed E-state index contributed by atoms with van der Waals surface area (Å²) in [5.41, 5.74) is 4.25. The lowest BCUT2D eigenvalue weighted by atomic mass is 10.2. The van der Waals surface area contributed by atoms with Gasteiger partial charge in [0, 0.05) is 5.56 Å². The molecule has 3 aromatic carbocycles. The Labute approximate surface area is 206 Å². The molecule has 0 saturated heterocycles. The zero-order valence-corrected chi connectivity index (χ0v) is 20.1. The van der Waals surface area contributed by atoms with Gasteiger partial charge in [0.25, 0.3) is 11.5 Å². The highest BCUT2D eigenvalue weighted by Gasteiger charge is 2.15. The number of rotatable bonds is 9. The Morgan fingerprint density at radius 1 is 1.09 bits per heavy atom. The van der Waals surface area contributed by atoms with E-state index in [-0.39, 0.29) is 17.2 Å². The third kappa shape index (κ3) is 5.70. The molecule has 1 aromatic heterocycles. The van der Waals surface area contributed by atoms with Gasteiger partial charge in [-0.15, -0.1) is 0 Å². The van der Waals surface area contributed by atoms with Crippen molar-refractivity contribution in [2.75, 3.05) is 19.5 Å². The summed E-state index contributed by atoms with van der Waals surface area (Å²) >= 11 is 1.16. The van der Waals surface area contributed by atoms with Crippen LogP contribution in [0.5, 0.6) is 11.5 Å². The topological polar surface area (TPSA) is 94.8 Å². The largest absolute Gasteiger partial charge is 0.497 e. The average Bonchev–Trinajstić information content (AvgIpc) is 2.89. The number of para-hydroxylation sites is 2. The molecule has 1 amide bonds. The van der Waals surface area contributed by atoms with E-state index < -0.39 is 0 Å². The first kappa shape index (κ1) is 24.0. The molecule has 0 spiro atoms. The Bertz CT molecular complexity index is 1420. The first-order valence-corrected chi connectivity index (χ1v) is 11.9. The summed E-state index contributed by atoms with van der Waals surface area (Å²) in [5, 5.41) is 4.94. The number of hydrogen-bond acceptors (Lipinski definition) is 7. The van der Waals surface area contributed by atoms with Crippen LogP contribution in [0.2, 0.25) is 0 Å². The highest BCUT2D eigenvalue weighted by molar-refractivity contribution is 7.99. The van der Waals surface area contributed by atoms with Gasteiger partial charge in [-0.05, 0) is 55.5 Å². The zero-order chi connectivity index (χ0) is 24.6. The molecule has 1 N–H and O–H groups in total. The average molecular weight is 489 g/mol. The molecule has 0 aliphatic heterocycles. The zero-order valence-electron chi connectivity index (χ0n) is 19.3. The molecule has 4 aromatic rings. The van der Waals surface area contributed by atoms with Gasteiger partial charge >= 0.3 is 0 Å². The van der Waals surface area contributed by atoms with E-state index in [1.165, 1.54) is 10.8 Å². The van der Waals surface area contributed by atoms with Crippen molar-refractivity contribution in [2.24, 2.45) is 5.10 Å². The van der Waals surface area contributed by atoms with Crippen molar-refractivity contribution in [3.05, 3.63) is 88.7 Å². The van der Waals surface area contributed by atoms with E-state index in [9.17, 15) is 9.59 Å². The van der Waals surface area contributed by atoms with Gasteiger partial charge in [0.1, 0.15) is 11.5 Å². The molecule has 0 unspecified atom stereocenters. The number of hydrogen-bond donors (Lipinski definition) is 1. The number of thioether (sulfide) groups is 1. The molecular weight excluding hydrogens is 464 g/mol. The van der Waals surface area contributed by atoms with Gasteiger partial charge in [0.2, 0.25) is 0 Å². The number of amides is 1. The summed E-state index contributed by atoms with van der Waals surface area (Å²) in [7, 11) is 1.58. The Hall–Kier alpha value is -4.11. The summed E-state index contributed by atoms with van der Waals surface area (Å²) in [6, 6.07) is 21.7. The van der Waals surface area contributed by atoms with Crippen molar-refractivity contribution in [3.63, 3.8) is 0 Å². The number of benzene rings is 3. The normalized spacial score (nSPS) is 11.0. The third-order valence-electron chi connectivity index (χ3n) is 5.02. The maximum Gasteiger partial charge on any atom is 0.266 e. The minimum absolute atomic E-state index is 0.0192. The van der Waals surface area contributed by atoms with Gasteiger partial charge < -0.3 is 9.47 Å². The lowest BCUT2D eigenvalue weighted by Crippen LogP contribution is -2.24. The van der Waals surface area contributed by atoms with Crippen LogP contribution in [0.15, 0.2) is 87.8 Å². The molecule has 178 valence electrons. The summed E-state index contributed by atoms with van der Waals surface area (Å²) in [4.78, 5) is 30.4. The monoisotopic (exact) mass is 488 g/mol. The lowest BCUT2D eigenvalue weighted by molar-refractivity contribution is -0.118. The number of methoxy groups -OCH3 is 1. The van der Waals surface area contributed by atoms with E-state index in [0.717, 1.165) is 17.3 Å². The number of nitrogens with zero attached hydrogens (tertiary/aromatic N) is 3. The van der Waals surface area contributed by atoms with Gasteiger partial charge in [0.05, 0.1) is 42.3 Å². The van der Waals surface area contributed by atoms with Crippen LogP contribution in [0.3, 0.4) is 0 Å². The molecule has 0 atom stereocenters. The van der Waals surface area contributed by atoms with E-state index in [1.807, 2.05) is 37.3 Å². The van der Waals surface area contributed by atoms with Crippen LogP contribution >= 0.6 is 11.8 Å². The summed E-state index contributed by atoms with van der Waals surface area (Å²) in [6.45, 7) is 2.43. The lowest BCUT2D eigenvalue weighted by Gasteiger charge is -2.13. The molecule has 0 aliphatic carbocycles. The smallest absolute Gasteiger partial charge is 0.266 e. The van der Waals surface area contributed by atoms with E-state index in [2.05, 4.69) is 15.5 Å². The Kier molecular flexibility index (Phi) is 7.79. The van der Waals surface area contributed by atoms with Crippen LogP contribution in [-0.4, -0.2) is 41.1 Å². The molecule has 0 saturated carbocycles. The number of carbonyl (C=O) groups excluding carboxylic acids is 1. The predicted molar refractivity (Wildman–Crippen MR) is 138 cm³/mol.